The first kappa shape index (κ1) is 44.6. The lowest BCUT2D eigenvalue weighted by atomic mass is 10.00. The molecule has 4 atom stereocenters. The minimum Gasteiger partial charge on any atom is -0.508 e. The van der Waals surface area contributed by atoms with Gasteiger partial charge in [0.1, 0.15) is 75.6 Å². The van der Waals surface area contributed by atoms with Crippen LogP contribution in [0.15, 0.2) is 48.6 Å². The van der Waals surface area contributed by atoms with Gasteiger partial charge in [0.25, 0.3) is 0 Å². The molecule has 306 valence electrons. The molecule has 0 aliphatic heterocycles. The molecule has 0 fully saturated rings. The number of allylic oxidation sites excluding steroid dienone is 2. The number of carbonyl (C=O) groups excluding carboxylic acids is 5. The molecular formula is C40H44O17. The number of carboxylic acids is 1. The number of esters is 4. The molecule has 57 heavy (non-hydrogen) atoms. The Bertz CT molecular complexity index is 2050. The first-order chi connectivity index (χ1) is 26.7. The summed E-state index contributed by atoms with van der Waals surface area (Å²) in [5, 5.41) is 70.1. The van der Waals surface area contributed by atoms with Gasteiger partial charge in [-0.2, -0.15) is 0 Å². The maximum Gasteiger partial charge on any atom is 0.342 e. The van der Waals surface area contributed by atoms with Gasteiger partial charge in [0, 0.05) is 37.5 Å². The highest BCUT2D eigenvalue weighted by molar-refractivity contribution is 5.99. The minimum absolute atomic E-state index is 0.00168. The fourth-order valence-electron chi connectivity index (χ4n) is 5.90. The van der Waals surface area contributed by atoms with Gasteiger partial charge in [0.05, 0.1) is 12.8 Å². The standard InChI is InChI=1S/C40H44O17/c1-6-7-26(41)12-25-15-29(44)18-32(47)37(25)40(53)57-22(5)11-34(49)55-20(3)9-24-14-28(43)17-31(46)36(24)39(52)56-21(4)10-33(48)54-19(2)8-23-13-27(42)16-30(45)35(23)38(50)51/h6-7,13-22,42-47H,8-12H2,1-5H3,(H,50,51). The summed E-state index contributed by atoms with van der Waals surface area (Å²) in [6.07, 6.45) is -3.08. The van der Waals surface area contributed by atoms with Crippen LogP contribution in [0.1, 0.15) is 95.2 Å². The Morgan fingerprint density at radius 1 is 0.544 bits per heavy atom. The van der Waals surface area contributed by atoms with Crippen molar-refractivity contribution in [2.24, 2.45) is 0 Å². The van der Waals surface area contributed by atoms with Crippen LogP contribution in [0.3, 0.4) is 0 Å². The Morgan fingerprint density at radius 2 is 0.912 bits per heavy atom. The smallest absolute Gasteiger partial charge is 0.342 e. The van der Waals surface area contributed by atoms with Crippen LogP contribution < -0.4 is 0 Å². The molecule has 3 aromatic rings. The number of phenolic OH excluding ortho intramolecular Hbond substituents is 5. The molecule has 0 radical (unpaired) electrons. The van der Waals surface area contributed by atoms with Gasteiger partial charge in [-0.25, -0.2) is 14.4 Å². The number of aromatic carboxylic acids is 1. The average molecular weight is 797 g/mol. The molecule has 3 aromatic carbocycles. The molecule has 4 unspecified atom stereocenters. The van der Waals surface area contributed by atoms with Crippen molar-refractivity contribution in [2.45, 2.75) is 91.1 Å². The number of hydrogen-bond donors (Lipinski definition) is 7. The van der Waals surface area contributed by atoms with Crippen LogP contribution in [0.2, 0.25) is 0 Å². The van der Waals surface area contributed by atoms with E-state index >= 15 is 0 Å². The first-order valence-corrected chi connectivity index (χ1v) is 17.5. The lowest BCUT2D eigenvalue weighted by molar-refractivity contribution is -0.151. The summed E-state index contributed by atoms with van der Waals surface area (Å²) in [4.78, 5) is 75.3. The molecule has 3 rings (SSSR count). The van der Waals surface area contributed by atoms with Crippen LogP contribution in [-0.4, -0.2) is 95.8 Å². The zero-order valence-electron chi connectivity index (χ0n) is 31.7. The third kappa shape index (κ3) is 12.9. The highest BCUT2D eigenvalue weighted by Gasteiger charge is 2.28. The molecule has 0 aliphatic rings. The topological polar surface area (TPSA) is 281 Å². The number of carboxylic acid groups (broad SMARTS) is 1. The molecule has 0 spiro atoms. The van der Waals surface area contributed by atoms with Crippen molar-refractivity contribution in [2.75, 3.05) is 0 Å². The van der Waals surface area contributed by atoms with Crippen molar-refractivity contribution in [1.82, 2.24) is 0 Å². The summed E-state index contributed by atoms with van der Waals surface area (Å²) in [6.45, 7) is 7.25. The maximum absolute atomic E-state index is 13.2. The normalized spacial score (nSPS) is 13.2. The van der Waals surface area contributed by atoms with E-state index in [-0.39, 0.29) is 47.3 Å². The number of rotatable bonds is 18. The van der Waals surface area contributed by atoms with Crippen molar-refractivity contribution >= 4 is 35.6 Å². The molecule has 0 bridgehead atoms. The molecule has 17 nitrogen and oxygen atoms in total. The lowest BCUT2D eigenvalue weighted by Crippen LogP contribution is -2.25. The van der Waals surface area contributed by atoms with Gasteiger partial charge in [0.15, 0.2) is 5.78 Å². The van der Waals surface area contributed by atoms with Crippen LogP contribution in [0, 0.1) is 0 Å². The molecule has 0 saturated heterocycles. The second kappa shape index (κ2) is 19.7. The van der Waals surface area contributed by atoms with E-state index in [4.69, 9.17) is 18.9 Å². The Hall–Kier alpha value is -6.78. The van der Waals surface area contributed by atoms with E-state index in [0.717, 1.165) is 36.4 Å². The van der Waals surface area contributed by atoms with E-state index in [1.165, 1.54) is 39.8 Å². The van der Waals surface area contributed by atoms with E-state index in [2.05, 4.69) is 0 Å². The lowest BCUT2D eigenvalue weighted by Gasteiger charge is -2.20. The van der Waals surface area contributed by atoms with Crippen molar-refractivity contribution < 1.29 is 83.5 Å². The van der Waals surface area contributed by atoms with E-state index in [0.29, 0.717) is 0 Å². The molecular weight excluding hydrogens is 752 g/mol. The highest BCUT2D eigenvalue weighted by Crippen LogP contribution is 2.32. The van der Waals surface area contributed by atoms with Crippen molar-refractivity contribution in [3.05, 3.63) is 81.9 Å². The number of ether oxygens (including phenoxy) is 4. The monoisotopic (exact) mass is 796 g/mol. The predicted molar refractivity (Wildman–Crippen MR) is 197 cm³/mol. The predicted octanol–water partition coefficient (Wildman–Crippen LogP) is 4.53. The largest absolute Gasteiger partial charge is 0.508 e. The zero-order valence-corrected chi connectivity index (χ0v) is 31.7. The number of benzene rings is 3. The van der Waals surface area contributed by atoms with Gasteiger partial charge in [-0.3, -0.25) is 14.4 Å². The maximum atomic E-state index is 13.2. The summed E-state index contributed by atoms with van der Waals surface area (Å²) in [7, 11) is 0. The quantitative estimate of drug-likeness (QED) is 0.0529. The Kier molecular flexibility index (Phi) is 15.4. The summed E-state index contributed by atoms with van der Waals surface area (Å²) in [6, 6.07) is 6.02. The number of carbonyl (C=O) groups is 6. The molecule has 0 saturated carbocycles. The third-order valence-electron chi connectivity index (χ3n) is 8.10. The molecule has 0 heterocycles. The number of ketones is 1. The Balaban J connectivity index is 1.61. The molecule has 7 N–H and O–H groups in total. The Labute approximate surface area is 326 Å². The van der Waals surface area contributed by atoms with E-state index in [9.17, 15) is 64.5 Å². The van der Waals surface area contributed by atoms with Gasteiger partial charge < -0.3 is 54.7 Å². The third-order valence-corrected chi connectivity index (χ3v) is 8.10. The van der Waals surface area contributed by atoms with Crippen LogP contribution in [0.5, 0.6) is 34.5 Å². The van der Waals surface area contributed by atoms with Gasteiger partial charge in [-0.05, 0) is 75.6 Å². The van der Waals surface area contributed by atoms with Crippen LogP contribution in [0.4, 0.5) is 0 Å². The van der Waals surface area contributed by atoms with Crippen molar-refractivity contribution in [3.63, 3.8) is 0 Å². The molecule has 0 amide bonds. The molecule has 0 aromatic heterocycles. The SMILES string of the molecule is CC=CC(=O)Cc1cc(O)cc(O)c1C(=O)OC(C)CC(=O)OC(C)Cc1cc(O)cc(O)c1C(=O)OC(C)CC(=O)OC(C)Cc1cc(O)cc(O)c1C(=O)O. The van der Waals surface area contributed by atoms with Crippen molar-refractivity contribution in [3.8, 4) is 34.5 Å². The Morgan fingerprint density at radius 3 is 1.32 bits per heavy atom. The number of aromatic hydroxyl groups is 6. The first-order valence-electron chi connectivity index (χ1n) is 17.5. The number of hydrogen-bond acceptors (Lipinski definition) is 16. The van der Waals surface area contributed by atoms with Crippen molar-refractivity contribution in [1.29, 1.82) is 0 Å². The highest BCUT2D eigenvalue weighted by atomic mass is 16.6. The minimum atomic E-state index is -1.46. The molecule has 0 aliphatic carbocycles. The van der Waals surface area contributed by atoms with E-state index < -0.39 is 113 Å². The summed E-state index contributed by atoms with van der Waals surface area (Å²) >= 11 is 0. The average Bonchev–Trinajstić information content (AvgIpc) is 3.02. The summed E-state index contributed by atoms with van der Waals surface area (Å²) in [5.41, 5.74) is -1.23. The van der Waals surface area contributed by atoms with Gasteiger partial charge >= 0.3 is 29.8 Å². The van der Waals surface area contributed by atoms with Crippen LogP contribution >= 0.6 is 0 Å². The summed E-state index contributed by atoms with van der Waals surface area (Å²) < 4.78 is 21.4. The van der Waals surface area contributed by atoms with E-state index in [1.54, 1.807) is 6.92 Å². The zero-order chi connectivity index (χ0) is 42.7. The second-order valence-corrected chi connectivity index (χ2v) is 13.3. The van der Waals surface area contributed by atoms with Gasteiger partial charge in [-0.15, -0.1) is 0 Å². The van der Waals surface area contributed by atoms with Gasteiger partial charge in [0.2, 0.25) is 0 Å². The van der Waals surface area contributed by atoms with Gasteiger partial charge in [-0.1, -0.05) is 6.08 Å². The van der Waals surface area contributed by atoms with Crippen LogP contribution in [0.25, 0.3) is 0 Å². The van der Waals surface area contributed by atoms with Crippen LogP contribution in [-0.2, 0) is 52.6 Å². The van der Waals surface area contributed by atoms with E-state index in [1.807, 2.05) is 0 Å². The fourth-order valence-corrected chi connectivity index (χ4v) is 5.90. The molecule has 17 heteroatoms. The number of phenols is 6. The fraction of sp³-hybridized carbons (Fsp3) is 0.350. The second-order valence-electron chi connectivity index (χ2n) is 13.3. The summed E-state index contributed by atoms with van der Waals surface area (Å²) in [5.74, 6) is -8.94.